The Morgan fingerprint density at radius 3 is 2.33 bits per heavy atom. The molecular weight excluding hydrogens is 154 g/mol. The predicted octanol–water partition coefficient (Wildman–Crippen LogP) is 0.409. The van der Waals surface area contributed by atoms with Crippen LogP contribution >= 0.6 is 0 Å². The fourth-order valence-corrected chi connectivity index (χ4v) is 2.19. The summed E-state index contributed by atoms with van der Waals surface area (Å²) in [6.07, 6.45) is 4.71. The first-order valence-electron chi connectivity index (χ1n) is 4.75. The smallest absolute Gasteiger partial charge is 0.0849 e. The van der Waals surface area contributed by atoms with Crippen LogP contribution in [0.5, 0.6) is 0 Å². The number of ether oxygens (including phenoxy) is 1. The van der Waals surface area contributed by atoms with Gasteiger partial charge in [-0.05, 0) is 32.1 Å². The third kappa shape index (κ3) is 1.08. The molecule has 1 aliphatic carbocycles. The van der Waals surface area contributed by atoms with Crippen LogP contribution in [0.2, 0.25) is 0 Å². The minimum Gasteiger partial charge on any atom is -0.388 e. The van der Waals surface area contributed by atoms with Gasteiger partial charge in [-0.15, -0.1) is 0 Å². The lowest BCUT2D eigenvalue weighted by atomic mass is 9.65. The molecule has 1 unspecified atom stereocenters. The van der Waals surface area contributed by atoms with Gasteiger partial charge in [0.2, 0.25) is 0 Å². The molecule has 0 aromatic carbocycles. The molecule has 2 fully saturated rings. The highest BCUT2D eigenvalue weighted by Gasteiger charge is 2.52. The molecule has 12 heavy (non-hydrogen) atoms. The van der Waals surface area contributed by atoms with Crippen molar-refractivity contribution in [2.45, 2.75) is 43.2 Å². The summed E-state index contributed by atoms with van der Waals surface area (Å²) in [5.41, 5.74) is 5.05. The number of aliphatic hydroxyl groups is 1. The Balaban J connectivity index is 2.07. The van der Waals surface area contributed by atoms with Gasteiger partial charge in [-0.3, -0.25) is 0 Å². The van der Waals surface area contributed by atoms with Crippen molar-refractivity contribution in [1.29, 1.82) is 0 Å². The normalized spacial score (nSPS) is 40.5. The summed E-state index contributed by atoms with van der Waals surface area (Å²) in [5.74, 6) is 0. The highest BCUT2D eigenvalue weighted by molar-refractivity contribution is 5.08. The summed E-state index contributed by atoms with van der Waals surface area (Å²) >= 11 is 0. The maximum absolute atomic E-state index is 10.1. The lowest BCUT2D eigenvalue weighted by Crippen LogP contribution is -2.67. The molecule has 1 saturated heterocycles. The van der Waals surface area contributed by atoms with Crippen LogP contribution in [-0.4, -0.2) is 29.5 Å². The average molecular weight is 171 g/mol. The molecule has 1 heterocycles. The van der Waals surface area contributed by atoms with Crippen molar-refractivity contribution in [3.63, 3.8) is 0 Å². The molecule has 3 N–H and O–H groups in total. The molecule has 0 aromatic rings. The van der Waals surface area contributed by atoms with Crippen LogP contribution in [0.25, 0.3) is 0 Å². The Hall–Kier alpha value is -0.120. The van der Waals surface area contributed by atoms with E-state index in [-0.39, 0.29) is 0 Å². The van der Waals surface area contributed by atoms with Crippen molar-refractivity contribution >= 4 is 0 Å². The van der Waals surface area contributed by atoms with Crippen molar-refractivity contribution < 1.29 is 9.84 Å². The van der Waals surface area contributed by atoms with E-state index in [1.165, 1.54) is 0 Å². The Morgan fingerprint density at radius 2 is 1.92 bits per heavy atom. The first kappa shape index (κ1) is 8.48. The lowest BCUT2D eigenvalue weighted by Gasteiger charge is -2.51. The maximum Gasteiger partial charge on any atom is 0.0849 e. The number of hydrogen-bond acceptors (Lipinski definition) is 3. The molecule has 0 aromatic heterocycles. The van der Waals surface area contributed by atoms with E-state index in [1.54, 1.807) is 0 Å². The molecule has 1 atom stereocenters. The fourth-order valence-electron chi connectivity index (χ4n) is 2.19. The van der Waals surface area contributed by atoms with Gasteiger partial charge in [0.15, 0.2) is 0 Å². The summed E-state index contributed by atoms with van der Waals surface area (Å²) in [6, 6.07) is 0. The second-order valence-electron chi connectivity index (χ2n) is 4.20. The van der Waals surface area contributed by atoms with Crippen LogP contribution in [0.15, 0.2) is 0 Å². The first-order chi connectivity index (χ1) is 5.66. The molecule has 70 valence electrons. The van der Waals surface area contributed by atoms with Crippen LogP contribution in [0, 0.1) is 0 Å². The van der Waals surface area contributed by atoms with E-state index in [1.807, 2.05) is 0 Å². The third-order valence-corrected chi connectivity index (χ3v) is 3.38. The SMILES string of the molecule is NC1(C2(O)CCC2)CCCOC1. The summed E-state index contributed by atoms with van der Waals surface area (Å²) in [5, 5.41) is 10.1. The van der Waals surface area contributed by atoms with E-state index in [9.17, 15) is 5.11 Å². The number of nitrogens with two attached hydrogens (primary N) is 1. The van der Waals surface area contributed by atoms with Gasteiger partial charge in [-0.2, -0.15) is 0 Å². The van der Waals surface area contributed by atoms with Crippen LogP contribution in [0.3, 0.4) is 0 Å². The maximum atomic E-state index is 10.1. The van der Waals surface area contributed by atoms with Gasteiger partial charge in [-0.25, -0.2) is 0 Å². The van der Waals surface area contributed by atoms with E-state index in [0.29, 0.717) is 6.61 Å². The summed E-state index contributed by atoms with van der Waals surface area (Å²) in [6.45, 7) is 1.33. The third-order valence-electron chi connectivity index (χ3n) is 3.38. The topological polar surface area (TPSA) is 55.5 Å². The Bertz CT molecular complexity index is 171. The lowest BCUT2D eigenvalue weighted by molar-refractivity contribution is -0.139. The largest absolute Gasteiger partial charge is 0.388 e. The van der Waals surface area contributed by atoms with E-state index in [0.717, 1.165) is 38.7 Å². The van der Waals surface area contributed by atoms with Crippen LogP contribution < -0.4 is 5.73 Å². The van der Waals surface area contributed by atoms with Crippen LogP contribution in [-0.2, 0) is 4.74 Å². The molecule has 2 rings (SSSR count). The Labute approximate surface area is 72.9 Å². The van der Waals surface area contributed by atoms with Gasteiger partial charge in [0.1, 0.15) is 0 Å². The quantitative estimate of drug-likeness (QED) is 0.600. The highest BCUT2D eigenvalue weighted by atomic mass is 16.5. The molecule has 1 saturated carbocycles. The van der Waals surface area contributed by atoms with Crippen LogP contribution in [0.4, 0.5) is 0 Å². The molecule has 3 heteroatoms. The van der Waals surface area contributed by atoms with E-state index in [2.05, 4.69) is 0 Å². The number of rotatable bonds is 1. The standard InChI is InChI=1S/C9H17NO2/c10-8(3-2-6-12-7-8)9(11)4-1-5-9/h11H,1-7,10H2. The van der Waals surface area contributed by atoms with E-state index in [4.69, 9.17) is 10.5 Å². The summed E-state index contributed by atoms with van der Waals surface area (Å²) in [4.78, 5) is 0. The Kier molecular flexibility index (Phi) is 1.90. The number of hydrogen-bond donors (Lipinski definition) is 2. The fraction of sp³-hybridized carbons (Fsp3) is 1.00. The van der Waals surface area contributed by atoms with Crippen molar-refractivity contribution in [1.82, 2.24) is 0 Å². The first-order valence-corrected chi connectivity index (χ1v) is 4.75. The van der Waals surface area contributed by atoms with Crippen molar-refractivity contribution in [2.24, 2.45) is 5.73 Å². The van der Waals surface area contributed by atoms with Crippen molar-refractivity contribution in [3.8, 4) is 0 Å². The molecule has 3 nitrogen and oxygen atoms in total. The van der Waals surface area contributed by atoms with Gasteiger partial charge in [-0.1, -0.05) is 0 Å². The van der Waals surface area contributed by atoms with Gasteiger partial charge in [0.05, 0.1) is 17.7 Å². The van der Waals surface area contributed by atoms with Crippen molar-refractivity contribution in [2.75, 3.05) is 13.2 Å². The zero-order valence-corrected chi connectivity index (χ0v) is 7.38. The minimum absolute atomic E-state index is 0.455. The zero-order valence-electron chi connectivity index (χ0n) is 7.38. The second-order valence-corrected chi connectivity index (χ2v) is 4.20. The highest BCUT2D eigenvalue weighted by Crippen LogP contribution is 2.42. The van der Waals surface area contributed by atoms with Crippen LogP contribution in [0.1, 0.15) is 32.1 Å². The van der Waals surface area contributed by atoms with E-state index < -0.39 is 11.1 Å². The van der Waals surface area contributed by atoms with Gasteiger partial charge in [0, 0.05) is 6.61 Å². The van der Waals surface area contributed by atoms with E-state index >= 15 is 0 Å². The summed E-state index contributed by atoms with van der Waals surface area (Å²) in [7, 11) is 0. The Morgan fingerprint density at radius 1 is 1.17 bits per heavy atom. The predicted molar refractivity (Wildman–Crippen MR) is 45.8 cm³/mol. The summed E-state index contributed by atoms with van der Waals surface area (Å²) < 4.78 is 5.32. The minimum atomic E-state index is -0.618. The van der Waals surface area contributed by atoms with Crippen molar-refractivity contribution in [3.05, 3.63) is 0 Å². The molecule has 1 aliphatic heterocycles. The molecule has 0 spiro atoms. The van der Waals surface area contributed by atoms with Gasteiger partial charge in [0.25, 0.3) is 0 Å². The average Bonchev–Trinajstić information content (AvgIpc) is 2.01. The second kappa shape index (κ2) is 2.69. The molecular formula is C9H17NO2. The monoisotopic (exact) mass is 171 g/mol. The zero-order chi connectivity index (χ0) is 8.66. The molecule has 2 aliphatic rings. The van der Waals surface area contributed by atoms with Gasteiger partial charge >= 0.3 is 0 Å². The molecule has 0 radical (unpaired) electrons. The molecule has 0 bridgehead atoms. The molecule has 0 amide bonds. The van der Waals surface area contributed by atoms with Gasteiger partial charge < -0.3 is 15.6 Å².